The summed E-state index contributed by atoms with van der Waals surface area (Å²) in [6.07, 6.45) is 3.96. The maximum absolute atomic E-state index is 10.8. The summed E-state index contributed by atoms with van der Waals surface area (Å²) in [5.41, 5.74) is 1.07. The van der Waals surface area contributed by atoms with Gasteiger partial charge in [-0.25, -0.2) is 0 Å². The summed E-state index contributed by atoms with van der Waals surface area (Å²) in [5, 5.41) is 14.2. The number of nitro groups is 1. The van der Waals surface area contributed by atoms with Crippen LogP contribution < -0.4 is 5.32 Å². The molecule has 110 valence electrons. The van der Waals surface area contributed by atoms with Gasteiger partial charge in [0, 0.05) is 36.2 Å². The summed E-state index contributed by atoms with van der Waals surface area (Å²) in [5.74, 6) is 0. The van der Waals surface area contributed by atoms with Crippen LogP contribution >= 0.6 is 15.9 Å². The molecular weight excluding hydrogens is 322 g/mol. The van der Waals surface area contributed by atoms with E-state index >= 15 is 0 Å². The quantitative estimate of drug-likeness (QED) is 0.491. The molecule has 5 nitrogen and oxygen atoms in total. The average molecular weight is 342 g/mol. The minimum atomic E-state index is -0.359. The molecule has 1 aromatic carbocycles. The normalized spacial score (nSPS) is 16.2. The number of rotatable bonds is 6. The van der Waals surface area contributed by atoms with Crippen LogP contribution in [0.15, 0.2) is 22.7 Å². The Morgan fingerprint density at radius 1 is 1.25 bits per heavy atom. The van der Waals surface area contributed by atoms with E-state index in [1.165, 1.54) is 38.4 Å². The van der Waals surface area contributed by atoms with E-state index in [0.717, 1.165) is 23.1 Å². The van der Waals surface area contributed by atoms with Crippen molar-refractivity contribution in [2.24, 2.45) is 0 Å². The van der Waals surface area contributed by atoms with E-state index in [4.69, 9.17) is 0 Å². The lowest BCUT2D eigenvalue weighted by atomic mass is 10.1. The summed E-state index contributed by atoms with van der Waals surface area (Å²) >= 11 is 3.31. The smallest absolute Gasteiger partial charge is 0.270 e. The van der Waals surface area contributed by atoms with Crippen molar-refractivity contribution in [1.29, 1.82) is 0 Å². The van der Waals surface area contributed by atoms with Crippen LogP contribution in [-0.4, -0.2) is 36.0 Å². The molecule has 1 aliphatic rings. The van der Waals surface area contributed by atoms with Crippen LogP contribution in [0.25, 0.3) is 0 Å². The van der Waals surface area contributed by atoms with Gasteiger partial charge in [0.1, 0.15) is 0 Å². The zero-order valence-electron chi connectivity index (χ0n) is 11.5. The monoisotopic (exact) mass is 341 g/mol. The van der Waals surface area contributed by atoms with E-state index < -0.39 is 0 Å². The standard InChI is InChI=1S/C14H20BrN3O2/c15-13-8-12(9-14(10-13)18(19)20)11-16-4-7-17-5-2-1-3-6-17/h8-10,16H,1-7,11H2. The van der Waals surface area contributed by atoms with Crippen LogP contribution in [0, 0.1) is 10.1 Å². The first-order chi connectivity index (χ1) is 9.65. The van der Waals surface area contributed by atoms with Gasteiger partial charge >= 0.3 is 0 Å². The predicted octanol–water partition coefficient (Wildman–Crippen LogP) is 2.93. The molecule has 20 heavy (non-hydrogen) atoms. The van der Waals surface area contributed by atoms with E-state index in [-0.39, 0.29) is 10.6 Å². The first-order valence-electron chi connectivity index (χ1n) is 7.02. The number of halogens is 1. The van der Waals surface area contributed by atoms with Gasteiger partial charge in [-0.2, -0.15) is 0 Å². The molecular formula is C14H20BrN3O2. The Morgan fingerprint density at radius 3 is 2.70 bits per heavy atom. The molecule has 0 unspecified atom stereocenters. The first kappa shape index (κ1) is 15.4. The van der Waals surface area contributed by atoms with Crippen molar-refractivity contribution < 1.29 is 4.92 Å². The number of piperidine rings is 1. The SMILES string of the molecule is O=[N+]([O-])c1cc(Br)cc(CNCCN2CCCCC2)c1. The second kappa shape index (κ2) is 7.71. The Kier molecular flexibility index (Phi) is 5.94. The van der Waals surface area contributed by atoms with Crippen LogP contribution in [0.5, 0.6) is 0 Å². The van der Waals surface area contributed by atoms with Crippen molar-refractivity contribution >= 4 is 21.6 Å². The third-order valence-electron chi connectivity index (χ3n) is 3.54. The number of nitrogens with one attached hydrogen (secondary N) is 1. The lowest BCUT2D eigenvalue weighted by Crippen LogP contribution is -2.35. The van der Waals surface area contributed by atoms with Crippen molar-refractivity contribution in [2.45, 2.75) is 25.8 Å². The summed E-state index contributed by atoms with van der Waals surface area (Å²) in [4.78, 5) is 12.9. The molecule has 1 aliphatic heterocycles. The van der Waals surface area contributed by atoms with Crippen molar-refractivity contribution in [3.8, 4) is 0 Å². The second-order valence-electron chi connectivity index (χ2n) is 5.15. The zero-order valence-corrected chi connectivity index (χ0v) is 13.1. The highest BCUT2D eigenvalue weighted by molar-refractivity contribution is 9.10. The second-order valence-corrected chi connectivity index (χ2v) is 6.07. The molecule has 0 radical (unpaired) electrons. The van der Waals surface area contributed by atoms with Gasteiger partial charge in [0.2, 0.25) is 0 Å². The zero-order chi connectivity index (χ0) is 14.4. The molecule has 1 heterocycles. The molecule has 6 heteroatoms. The van der Waals surface area contributed by atoms with Crippen LogP contribution in [0.3, 0.4) is 0 Å². The number of non-ortho nitro benzene ring substituents is 1. The minimum Gasteiger partial charge on any atom is -0.311 e. The fourth-order valence-electron chi connectivity index (χ4n) is 2.49. The highest BCUT2D eigenvalue weighted by Gasteiger charge is 2.10. The fourth-order valence-corrected chi connectivity index (χ4v) is 3.02. The molecule has 1 N–H and O–H groups in total. The third-order valence-corrected chi connectivity index (χ3v) is 3.99. The average Bonchev–Trinajstić information content (AvgIpc) is 2.44. The summed E-state index contributed by atoms with van der Waals surface area (Å²) in [7, 11) is 0. The van der Waals surface area contributed by atoms with E-state index in [1.807, 2.05) is 6.07 Å². The molecule has 0 bridgehead atoms. The Morgan fingerprint density at radius 2 is 2.00 bits per heavy atom. The lowest BCUT2D eigenvalue weighted by molar-refractivity contribution is -0.385. The van der Waals surface area contributed by atoms with E-state index in [1.54, 1.807) is 6.07 Å². The van der Waals surface area contributed by atoms with Crippen molar-refractivity contribution in [2.75, 3.05) is 26.2 Å². The van der Waals surface area contributed by atoms with E-state index in [0.29, 0.717) is 6.54 Å². The molecule has 0 atom stereocenters. The molecule has 1 aromatic rings. The maximum atomic E-state index is 10.8. The van der Waals surface area contributed by atoms with Gasteiger partial charge in [0.25, 0.3) is 5.69 Å². The Balaban J connectivity index is 1.77. The van der Waals surface area contributed by atoms with Crippen LogP contribution in [0.1, 0.15) is 24.8 Å². The van der Waals surface area contributed by atoms with Gasteiger partial charge in [-0.05, 0) is 37.6 Å². The van der Waals surface area contributed by atoms with Crippen LogP contribution in [0.2, 0.25) is 0 Å². The van der Waals surface area contributed by atoms with Crippen LogP contribution in [0.4, 0.5) is 5.69 Å². The number of benzene rings is 1. The Hall–Kier alpha value is -0.980. The van der Waals surface area contributed by atoms with Gasteiger partial charge < -0.3 is 10.2 Å². The highest BCUT2D eigenvalue weighted by Crippen LogP contribution is 2.21. The minimum absolute atomic E-state index is 0.132. The maximum Gasteiger partial charge on any atom is 0.270 e. The lowest BCUT2D eigenvalue weighted by Gasteiger charge is -2.26. The number of hydrogen-bond donors (Lipinski definition) is 1. The molecule has 0 spiro atoms. The van der Waals surface area contributed by atoms with Crippen molar-refractivity contribution in [3.63, 3.8) is 0 Å². The highest BCUT2D eigenvalue weighted by atomic mass is 79.9. The summed E-state index contributed by atoms with van der Waals surface area (Å²) in [6, 6.07) is 5.07. The van der Waals surface area contributed by atoms with E-state index in [9.17, 15) is 10.1 Å². The molecule has 2 rings (SSSR count). The number of nitro benzene ring substituents is 1. The van der Waals surface area contributed by atoms with Gasteiger partial charge in [-0.1, -0.05) is 22.4 Å². The third kappa shape index (κ3) is 4.85. The fraction of sp³-hybridized carbons (Fsp3) is 0.571. The van der Waals surface area contributed by atoms with Crippen molar-refractivity contribution in [3.05, 3.63) is 38.3 Å². The number of nitrogens with zero attached hydrogens (tertiary/aromatic N) is 2. The largest absolute Gasteiger partial charge is 0.311 e. The van der Waals surface area contributed by atoms with E-state index in [2.05, 4.69) is 26.1 Å². The van der Waals surface area contributed by atoms with Gasteiger partial charge in [0.05, 0.1) is 4.92 Å². The van der Waals surface area contributed by atoms with Gasteiger partial charge in [0.15, 0.2) is 0 Å². The van der Waals surface area contributed by atoms with Crippen LogP contribution in [-0.2, 0) is 6.54 Å². The molecule has 1 fully saturated rings. The van der Waals surface area contributed by atoms with Gasteiger partial charge in [-0.15, -0.1) is 0 Å². The molecule has 0 aliphatic carbocycles. The van der Waals surface area contributed by atoms with Gasteiger partial charge in [-0.3, -0.25) is 10.1 Å². The molecule has 0 amide bonds. The topological polar surface area (TPSA) is 58.4 Å². The summed E-state index contributed by atoms with van der Waals surface area (Å²) < 4.78 is 0.750. The molecule has 0 saturated carbocycles. The predicted molar refractivity (Wildman–Crippen MR) is 82.8 cm³/mol. The Labute approximate surface area is 127 Å². The Bertz CT molecular complexity index is 462. The number of likely N-dealkylation sites (tertiary alicyclic amines) is 1. The first-order valence-corrected chi connectivity index (χ1v) is 7.81. The van der Waals surface area contributed by atoms with Crippen molar-refractivity contribution in [1.82, 2.24) is 10.2 Å². The summed E-state index contributed by atoms with van der Waals surface area (Å²) in [6.45, 7) is 5.03. The molecule has 1 saturated heterocycles. The number of hydrogen-bond acceptors (Lipinski definition) is 4. The molecule has 0 aromatic heterocycles.